The van der Waals surface area contributed by atoms with Gasteiger partial charge in [0.15, 0.2) is 11.6 Å². The van der Waals surface area contributed by atoms with Crippen LogP contribution in [0.1, 0.15) is 55.2 Å². The molecule has 1 aliphatic carbocycles. The van der Waals surface area contributed by atoms with Crippen LogP contribution in [0.5, 0.6) is 5.75 Å². The van der Waals surface area contributed by atoms with Gasteiger partial charge in [0.05, 0.1) is 12.2 Å². The van der Waals surface area contributed by atoms with Gasteiger partial charge in [0, 0.05) is 0 Å². The summed E-state index contributed by atoms with van der Waals surface area (Å²) in [5, 5.41) is 8.72. The molecule has 1 saturated carbocycles. The van der Waals surface area contributed by atoms with E-state index in [1.807, 2.05) is 0 Å². The molecule has 2 aromatic carbocycles. The molecule has 2 aromatic rings. The number of hydrogen-bond acceptors (Lipinski definition) is 2. The number of rotatable bonds is 5. The summed E-state index contributed by atoms with van der Waals surface area (Å²) < 4.78 is 33.0. The van der Waals surface area contributed by atoms with E-state index in [9.17, 15) is 8.78 Å². The van der Waals surface area contributed by atoms with Crippen molar-refractivity contribution in [2.45, 2.75) is 44.9 Å². The standard InChI is InChI=1S/C22H23F2NO/c1-2-15-3-7-17(8-4-15)18-9-5-16(6-10-18)14-26-20-12-11-19(13-25)21(23)22(20)24/h3-4,7-8,11-12,16,18H,2,5-6,9-10,14H2,1H3. The van der Waals surface area contributed by atoms with Crippen molar-refractivity contribution in [2.75, 3.05) is 6.61 Å². The molecule has 0 atom stereocenters. The molecule has 2 nitrogen and oxygen atoms in total. The summed E-state index contributed by atoms with van der Waals surface area (Å²) in [5.74, 6) is -1.41. The highest BCUT2D eigenvalue weighted by Crippen LogP contribution is 2.36. The molecule has 0 amide bonds. The van der Waals surface area contributed by atoms with Crippen molar-refractivity contribution in [3.63, 3.8) is 0 Å². The summed E-state index contributed by atoms with van der Waals surface area (Å²) in [6.07, 6.45) is 5.26. The fraction of sp³-hybridized carbons (Fsp3) is 0.409. The first-order chi connectivity index (χ1) is 12.6. The van der Waals surface area contributed by atoms with Crippen molar-refractivity contribution in [1.29, 1.82) is 5.26 Å². The van der Waals surface area contributed by atoms with Crippen LogP contribution in [0, 0.1) is 28.9 Å². The van der Waals surface area contributed by atoms with Gasteiger partial charge >= 0.3 is 0 Å². The molecule has 0 unspecified atom stereocenters. The maximum Gasteiger partial charge on any atom is 0.201 e. The SMILES string of the molecule is CCc1ccc(C2CCC(COc3ccc(C#N)c(F)c3F)CC2)cc1. The summed E-state index contributed by atoms with van der Waals surface area (Å²) in [6.45, 7) is 2.53. The summed E-state index contributed by atoms with van der Waals surface area (Å²) in [7, 11) is 0. The highest BCUT2D eigenvalue weighted by molar-refractivity contribution is 5.37. The zero-order valence-electron chi connectivity index (χ0n) is 15.0. The van der Waals surface area contributed by atoms with Gasteiger partial charge in [-0.3, -0.25) is 0 Å². The molecular weight excluding hydrogens is 332 g/mol. The maximum atomic E-state index is 13.9. The van der Waals surface area contributed by atoms with Crippen LogP contribution in [0.3, 0.4) is 0 Å². The molecule has 0 heterocycles. The van der Waals surface area contributed by atoms with Gasteiger partial charge in [-0.2, -0.15) is 9.65 Å². The summed E-state index contributed by atoms with van der Waals surface area (Å²) in [6, 6.07) is 13.1. The van der Waals surface area contributed by atoms with E-state index in [0.717, 1.165) is 32.1 Å². The van der Waals surface area contributed by atoms with Crippen LogP contribution in [-0.4, -0.2) is 6.61 Å². The van der Waals surface area contributed by atoms with Crippen LogP contribution < -0.4 is 4.74 Å². The lowest BCUT2D eigenvalue weighted by molar-refractivity contribution is 0.192. The third-order valence-electron chi connectivity index (χ3n) is 5.35. The van der Waals surface area contributed by atoms with Crippen LogP contribution in [0.25, 0.3) is 0 Å². The molecule has 3 rings (SSSR count). The second-order valence-electron chi connectivity index (χ2n) is 6.97. The molecule has 26 heavy (non-hydrogen) atoms. The smallest absolute Gasteiger partial charge is 0.201 e. The quantitative estimate of drug-likeness (QED) is 0.684. The van der Waals surface area contributed by atoms with Crippen LogP contribution >= 0.6 is 0 Å². The van der Waals surface area contributed by atoms with Gasteiger partial charge in [0.1, 0.15) is 6.07 Å². The van der Waals surface area contributed by atoms with Gasteiger partial charge in [-0.25, -0.2) is 4.39 Å². The molecule has 0 N–H and O–H groups in total. The second-order valence-corrected chi connectivity index (χ2v) is 6.97. The minimum Gasteiger partial charge on any atom is -0.490 e. The third-order valence-corrected chi connectivity index (χ3v) is 5.35. The van der Waals surface area contributed by atoms with Crippen molar-refractivity contribution in [3.8, 4) is 11.8 Å². The van der Waals surface area contributed by atoms with Gasteiger partial charge in [0.2, 0.25) is 5.82 Å². The fourth-order valence-electron chi connectivity index (χ4n) is 3.63. The molecule has 4 heteroatoms. The molecule has 136 valence electrons. The largest absolute Gasteiger partial charge is 0.490 e. The van der Waals surface area contributed by atoms with E-state index in [2.05, 4.69) is 31.2 Å². The molecular formula is C22H23F2NO. The highest BCUT2D eigenvalue weighted by atomic mass is 19.2. The van der Waals surface area contributed by atoms with Crippen molar-refractivity contribution < 1.29 is 13.5 Å². The van der Waals surface area contributed by atoms with Crippen LogP contribution in [-0.2, 0) is 6.42 Å². The summed E-state index contributed by atoms with van der Waals surface area (Å²) in [5.41, 5.74) is 2.44. The van der Waals surface area contributed by atoms with E-state index >= 15 is 0 Å². The first kappa shape index (κ1) is 18.4. The number of hydrogen-bond donors (Lipinski definition) is 0. The minimum atomic E-state index is -1.13. The van der Waals surface area contributed by atoms with Crippen LogP contribution in [0.4, 0.5) is 8.78 Å². The Hall–Kier alpha value is -2.41. The molecule has 0 saturated heterocycles. The van der Waals surface area contributed by atoms with Gasteiger partial charge in [-0.1, -0.05) is 31.2 Å². The molecule has 0 aliphatic heterocycles. The van der Waals surface area contributed by atoms with Gasteiger partial charge < -0.3 is 4.74 Å². The average Bonchev–Trinajstić information content (AvgIpc) is 2.70. The van der Waals surface area contributed by atoms with Gasteiger partial charge in [-0.05, 0) is 67.2 Å². The zero-order chi connectivity index (χ0) is 18.5. The highest BCUT2D eigenvalue weighted by Gasteiger charge is 2.23. The third kappa shape index (κ3) is 4.04. The fourth-order valence-corrected chi connectivity index (χ4v) is 3.63. The number of aryl methyl sites for hydroxylation is 1. The van der Waals surface area contributed by atoms with E-state index in [1.165, 1.54) is 23.3 Å². The monoisotopic (exact) mass is 355 g/mol. The van der Waals surface area contributed by atoms with Gasteiger partial charge in [-0.15, -0.1) is 0 Å². The van der Waals surface area contributed by atoms with E-state index in [4.69, 9.17) is 10.00 Å². The second kappa shape index (κ2) is 8.31. The Morgan fingerprint density at radius 3 is 2.31 bits per heavy atom. The summed E-state index contributed by atoms with van der Waals surface area (Å²) in [4.78, 5) is 0. The summed E-state index contributed by atoms with van der Waals surface area (Å²) >= 11 is 0. The first-order valence-corrected chi connectivity index (χ1v) is 9.22. The Morgan fingerprint density at radius 1 is 1.00 bits per heavy atom. The lowest BCUT2D eigenvalue weighted by Crippen LogP contribution is -2.19. The predicted octanol–water partition coefficient (Wildman–Crippen LogP) is 5.75. The number of nitrogens with zero attached hydrogens (tertiary/aromatic N) is 1. The van der Waals surface area contributed by atoms with E-state index in [0.29, 0.717) is 18.4 Å². The molecule has 0 radical (unpaired) electrons. The maximum absolute atomic E-state index is 13.9. The van der Waals surface area contributed by atoms with E-state index < -0.39 is 11.6 Å². The normalized spacial score (nSPS) is 19.8. The molecule has 1 aliphatic rings. The zero-order valence-corrected chi connectivity index (χ0v) is 15.0. The Balaban J connectivity index is 1.53. The first-order valence-electron chi connectivity index (χ1n) is 9.22. The number of ether oxygens (including phenoxy) is 1. The Morgan fingerprint density at radius 2 is 1.69 bits per heavy atom. The van der Waals surface area contributed by atoms with E-state index in [-0.39, 0.29) is 11.3 Å². The van der Waals surface area contributed by atoms with Crippen molar-refractivity contribution in [1.82, 2.24) is 0 Å². The van der Waals surface area contributed by atoms with Gasteiger partial charge in [0.25, 0.3) is 0 Å². The molecule has 0 spiro atoms. The Kier molecular flexibility index (Phi) is 5.88. The lowest BCUT2D eigenvalue weighted by atomic mass is 9.79. The number of benzene rings is 2. The Labute approximate surface area is 153 Å². The van der Waals surface area contributed by atoms with Crippen molar-refractivity contribution in [3.05, 3.63) is 64.7 Å². The number of halogens is 2. The molecule has 1 fully saturated rings. The number of nitriles is 1. The molecule has 0 aromatic heterocycles. The minimum absolute atomic E-state index is 0.112. The van der Waals surface area contributed by atoms with Crippen LogP contribution in [0.15, 0.2) is 36.4 Å². The average molecular weight is 355 g/mol. The van der Waals surface area contributed by atoms with Crippen LogP contribution in [0.2, 0.25) is 0 Å². The van der Waals surface area contributed by atoms with Crippen molar-refractivity contribution in [2.24, 2.45) is 5.92 Å². The Bertz CT molecular complexity index is 787. The van der Waals surface area contributed by atoms with Crippen molar-refractivity contribution >= 4 is 0 Å². The molecule has 0 bridgehead atoms. The lowest BCUT2D eigenvalue weighted by Gasteiger charge is -2.29. The predicted molar refractivity (Wildman–Crippen MR) is 97.1 cm³/mol. The van der Waals surface area contributed by atoms with E-state index in [1.54, 1.807) is 6.07 Å². The topological polar surface area (TPSA) is 33.0 Å².